The Labute approximate surface area is 99.4 Å². The number of halogens is 1. The van der Waals surface area contributed by atoms with Crippen LogP contribution in [0.3, 0.4) is 0 Å². The molecule has 15 heavy (non-hydrogen) atoms. The molecule has 0 radical (unpaired) electrons. The average Bonchev–Trinajstić information content (AvgIpc) is 2.18. The van der Waals surface area contributed by atoms with Crippen molar-refractivity contribution in [1.82, 2.24) is 0 Å². The lowest BCUT2D eigenvalue weighted by atomic mass is 9.94. The number of aliphatic hydroxyl groups is 1. The van der Waals surface area contributed by atoms with E-state index in [-0.39, 0.29) is 0 Å². The highest BCUT2D eigenvalue weighted by atomic mass is 79.9. The quantitative estimate of drug-likeness (QED) is 0.893. The first-order valence-corrected chi connectivity index (χ1v) is 5.79. The van der Waals surface area contributed by atoms with Gasteiger partial charge in [-0.3, -0.25) is 0 Å². The van der Waals surface area contributed by atoms with Crippen molar-refractivity contribution in [3.8, 4) is 0 Å². The summed E-state index contributed by atoms with van der Waals surface area (Å²) in [5.41, 5.74) is 0.415. The van der Waals surface area contributed by atoms with Crippen LogP contribution < -0.4 is 0 Å². The largest absolute Gasteiger partial charge is 0.390 e. The predicted molar refractivity (Wildman–Crippen MR) is 65.0 cm³/mol. The van der Waals surface area contributed by atoms with Crippen LogP contribution in [0.1, 0.15) is 18.9 Å². The standard InChI is InChI=1S/C12H17BrO2/c1-12(14,7-8-15-2)9-10-5-3-4-6-11(10)13/h3-6,14H,7-9H2,1-2H3. The Morgan fingerprint density at radius 1 is 1.40 bits per heavy atom. The van der Waals surface area contributed by atoms with Crippen molar-refractivity contribution in [2.75, 3.05) is 13.7 Å². The van der Waals surface area contributed by atoms with Crippen LogP contribution >= 0.6 is 15.9 Å². The Morgan fingerprint density at radius 3 is 2.67 bits per heavy atom. The van der Waals surface area contributed by atoms with E-state index < -0.39 is 5.60 Å². The Balaban J connectivity index is 2.64. The molecule has 1 atom stereocenters. The minimum absolute atomic E-state index is 0.581. The first-order valence-electron chi connectivity index (χ1n) is 5.00. The predicted octanol–water partition coefficient (Wildman–Crippen LogP) is 2.78. The molecule has 0 fully saturated rings. The molecule has 0 bridgehead atoms. The fourth-order valence-corrected chi connectivity index (χ4v) is 1.89. The van der Waals surface area contributed by atoms with Crippen molar-refractivity contribution in [3.05, 3.63) is 34.3 Å². The van der Waals surface area contributed by atoms with Gasteiger partial charge in [0, 0.05) is 24.6 Å². The van der Waals surface area contributed by atoms with Gasteiger partial charge in [0.05, 0.1) is 5.60 Å². The SMILES string of the molecule is COCCC(C)(O)Cc1ccccc1Br. The van der Waals surface area contributed by atoms with E-state index in [4.69, 9.17) is 4.74 Å². The molecule has 0 saturated carbocycles. The number of hydrogen-bond donors (Lipinski definition) is 1. The number of ether oxygens (including phenoxy) is 1. The van der Waals surface area contributed by atoms with Crippen LogP contribution in [0.4, 0.5) is 0 Å². The molecular formula is C12H17BrO2. The summed E-state index contributed by atoms with van der Waals surface area (Å²) in [5.74, 6) is 0. The number of rotatable bonds is 5. The lowest BCUT2D eigenvalue weighted by molar-refractivity contribution is 0.0248. The van der Waals surface area contributed by atoms with E-state index in [1.54, 1.807) is 7.11 Å². The maximum absolute atomic E-state index is 10.1. The molecule has 1 N–H and O–H groups in total. The van der Waals surface area contributed by atoms with Crippen molar-refractivity contribution >= 4 is 15.9 Å². The monoisotopic (exact) mass is 272 g/mol. The van der Waals surface area contributed by atoms with Gasteiger partial charge in [-0.1, -0.05) is 34.1 Å². The summed E-state index contributed by atoms with van der Waals surface area (Å²) >= 11 is 3.47. The van der Waals surface area contributed by atoms with Crippen molar-refractivity contribution < 1.29 is 9.84 Å². The molecule has 0 aliphatic heterocycles. The molecule has 0 saturated heterocycles. The first kappa shape index (κ1) is 12.7. The summed E-state index contributed by atoms with van der Waals surface area (Å²) in [6.07, 6.45) is 1.28. The third-order valence-corrected chi connectivity index (χ3v) is 3.15. The minimum atomic E-state index is -0.708. The second kappa shape index (κ2) is 5.64. The molecule has 1 rings (SSSR count). The summed E-state index contributed by atoms with van der Waals surface area (Å²) in [5, 5.41) is 10.1. The van der Waals surface area contributed by atoms with Crippen molar-refractivity contribution in [3.63, 3.8) is 0 Å². The third-order valence-electron chi connectivity index (χ3n) is 2.37. The van der Waals surface area contributed by atoms with Crippen molar-refractivity contribution in [1.29, 1.82) is 0 Å². The molecule has 2 nitrogen and oxygen atoms in total. The average molecular weight is 273 g/mol. The maximum Gasteiger partial charge on any atom is 0.0682 e. The molecule has 84 valence electrons. The Bertz CT molecular complexity index is 310. The van der Waals surface area contributed by atoms with Gasteiger partial charge in [-0.25, -0.2) is 0 Å². The zero-order chi connectivity index (χ0) is 11.3. The summed E-state index contributed by atoms with van der Waals surface area (Å²) in [6.45, 7) is 2.42. The van der Waals surface area contributed by atoms with Gasteiger partial charge >= 0.3 is 0 Å². The van der Waals surface area contributed by atoms with E-state index in [0.717, 1.165) is 10.0 Å². The highest BCUT2D eigenvalue weighted by molar-refractivity contribution is 9.10. The van der Waals surface area contributed by atoms with Crippen LogP contribution in [0.25, 0.3) is 0 Å². The van der Waals surface area contributed by atoms with Crippen molar-refractivity contribution in [2.24, 2.45) is 0 Å². The first-order chi connectivity index (χ1) is 7.05. The Morgan fingerprint density at radius 2 is 2.07 bits per heavy atom. The van der Waals surface area contributed by atoms with Gasteiger partial charge < -0.3 is 9.84 Å². The fourth-order valence-electron chi connectivity index (χ4n) is 1.46. The Hall–Kier alpha value is -0.380. The smallest absolute Gasteiger partial charge is 0.0682 e. The highest BCUT2D eigenvalue weighted by Gasteiger charge is 2.21. The zero-order valence-electron chi connectivity index (χ0n) is 9.16. The van der Waals surface area contributed by atoms with E-state index in [2.05, 4.69) is 15.9 Å². The molecule has 1 aromatic carbocycles. The second-order valence-electron chi connectivity index (χ2n) is 4.01. The van der Waals surface area contributed by atoms with Gasteiger partial charge in [-0.05, 0) is 25.0 Å². The van der Waals surface area contributed by atoms with Crippen LogP contribution in [0.2, 0.25) is 0 Å². The molecule has 0 aromatic heterocycles. The summed E-state index contributed by atoms with van der Waals surface area (Å²) in [6, 6.07) is 7.96. The van der Waals surface area contributed by atoms with E-state index in [1.165, 1.54) is 0 Å². The molecule has 1 unspecified atom stereocenters. The lowest BCUT2D eigenvalue weighted by Gasteiger charge is -2.23. The highest BCUT2D eigenvalue weighted by Crippen LogP contribution is 2.23. The van der Waals surface area contributed by atoms with E-state index in [1.807, 2.05) is 31.2 Å². The molecule has 3 heteroatoms. The maximum atomic E-state index is 10.1. The Kier molecular flexibility index (Phi) is 4.77. The molecule has 0 heterocycles. The second-order valence-corrected chi connectivity index (χ2v) is 4.86. The van der Waals surface area contributed by atoms with Gasteiger partial charge in [-0.15, -0.1) is 0 Å². The number of methoxy groups -OCH3 is 1. The van der Waals surface area contributed by atoms with Crippen LogP contribution in [-0.2, 0) is 11.2 Å². The minimum Gasteiger partial charge on any atom is -0.390 e. The molecule has 0 spiro atoms. The van der Waals surface area contributed by atoms with Crippen molar-refractivity contribution in [2.45, 2.75) is 25.4 Å². The van der Waals surface area contributed by atoms with Gasteiger partial charge in [0.25, 0.3) is 0 Å². The molecule has 1 aromatic rings. The summed E-state index contributed by atoms with van der Waals surface area (Å²) in [7, 11) is 1.65. The topological polar surface area (TPSA) is 29.5 Å². The molecule has 0 amide bonds. The fraction of sp³-hybridized carbons (Fsp3) is 0.500. The zero-order valence-corrected chi connectivity index (χ0v) is 10.8. The van der Waals surface area contributed by atoms with E-state index >= 15 is 0 Å². The van der Waals surface area contributed by atoms with Gasteiger partial charge in [-0.2, -0.15) is 0 Å². The van der Waals surface area contributed by atoms with Crippen LogP contribution in [0.15, 0.2) is 28.7 Å². The van der Waals surface area contributed by atoms with Gasteiger partial charge in [0.15, 0.2) is 0 Å². The number of hydrogen-bond acceptors (Lipinski definition) is 2. The summed E-state index contributed by atoms with van der Waals surface area (Å²) < 4.78 is 6.02. The normalized spacial score (nSPS) is 14.9. The molecular weight excluding hydrogens is 256 g/mol. The summed E-state index contributed by atoms with van der Waals surface area (Å²) in [4.78, 5) is 0. The lowest BCUT2D eigenvalue weighted by Crippen LogP contribution is -2.28. The van der Waals surface area contributed by atoms with Crippen LogP contribution in [0, 0.1) is 0 Å². The van der Waals surface area contributed by atoms with E-state index in [9.17, 15) is 5.11 Å². The molecule has 0 aliphatic rings. The van der Waals surface area contributed by atoms with E-state index in [0.29, 0.717) is 19.4 Å². The van der Waals surface area contributed by atoms with Gasteiger partial charge in [0.1, 0.15) is 0 Å². The van der Waals surface area contributed by atoms with Crippen LogP contribution in [-0.4, -0.2) is 24.4 Å². The number of benzene rings is 1. The van der Waals surface area contributed by atoms with Crippen LogP contribution in [0.5, 0.6) is 0 Å². The molecule has 0 aliphatic carbocycles. The third kappa shape index (κ3) is 4.33. The van der Waals surface area contributed by atoms with Gasteiger partial charge in [0.2, 0.25) is 0 Å².